The molecule has 0 spiro atoms. The van der Waals surface area contributed by atoms with E-state index >= 15 is 0 Å². The van der Waals surface area contributed by atoms with E-state index in [1.54, 1.807) is 0 Å². The summed E-state index contributed by atoms with van der Waals surface area (Å²) in [5.74, 6) is 0. The molecule has 0 saturated carbocycles. The Balaban J connectivity index is 1.84. The lowest BCUT2D eigenvalue weighted by molar-refractivity contribution is 0.221. The summed E-state index contributed by atoms with van der Waals surface area (Å²) in [5.41, 5.74) is 2.57. The molecule has 116 valence electrons. The first kappa shape index (κ1) is 15.5. The van der Waals surface area contributed by atoms with Gasteiger partial charge in [-0.15, -0.1) is 0 Å². The average Bonchev–Trinajstić information content (AvgIpc) is 2.55. The summed E-state index contributed by atoms with van der Waals surface area (Å²) in [7, 11) is 2.20. The van der Waals surface area contributed by atoms with Crippen molar-refractivity contribution in [3.63, 3.8) is 0 Å². The van der Waals surface area contributed by atoms with Crippen LogP contribution in [-0.2, 0) is 0 Å². The standard InChI is InChI=1S/C19H23ClN2/c1-22-13-5-8-18(14-22)21-19(15-6-3-2-4-7-15)16-9-11-17(20)12-10-16/h2-4,6-7,9-12,18-19,21H,5,8,13-14H2,1H3. The van der Waals surface area contributed by atoms with Crippen molar-refractivity contribution < 1.29 is 0 Å². The highest BCUT2D eigenvalue weighted by atomic mass is 35.5. The normalized spacial score (nSPS) is 20.7. The molecule has 3 heteroatoms. The van der Waals surface area contributed by atoms with Gasteiger partial charge >= 0.3 is 0 Å². The summed E-state index contributed by atoms with van der Waals surface area (Å²) in [4.78, 5) is 2.41. The second-order valence-electron chi connectivity index (χ2n) is 6.16. The SMILES string of the molecule is CN1CCCC(NC(c2ccccc2)c2ccc(Cl)cc2)C1. The summed E-state index contributed by atoms with van der Waals surface area (Å²) in [6.45, 7) is 2.31. The van der Waals surface area contributed by atoms with E-state index in [-0.39, 0.29) is 6.04 Å². The number of halogens is 1. The van der Waals surface area contributed by atoms with Crippen LogP contribution in [0.15, 0.2) is 54.6 Å². The summed E-state index contributed by atoms with van der Waals surface area (Å²) >= 11 is 6.05. The van der Waals surface area contributed by atoms with Gasteiger partial charge in [-0.3, -0.25) is 0 Å². The lowest BCUT2D eigenvalue weighted by Crippen LogP contribution is -2.45. The average molecular weight is 315 g/mol. The zero-order valence-corrected chi connectivity index (χ0v) is 13.8. The number of benzene rings is 2. The van der Waals surface area contributed by atoms with E-state index < -0.39 is 0 Å². The van der Waals surface area contributed by atoms with E-state index in [0.29, 0.717) is 6.04 Å². The first-order chi connectivity index (χ1) is 10.7. The Labute approximate surface area is 138 Å². The van der Waals surface area contributed by atoms with Crippen LogP contribution in [0.1, 0.15) is 30.0 Å². The van der Waals surface area contributed by atoms with Gasteiger partial charge in [-0.2, -0.15) is 0 Å². The maximum absolute atomic E-state index is 6.05. The Hall–Kier alpha value is -1.35. The minimum Gasteiger partial charge on any atom is -0.305 e. The molecule has 0 radical (unpaired) electrons. The summed E-state index contributed by atoms with van der Waals surface area (Å²) in [6.07, 6.45) is 2.50. The molecule has 2 unspecified atom stereocenters. The third kappa shape index (κ3) is 3.89. The van der Waals surface area contributed by atoms with Gasteiger partial charge in [0.25, 0.3) is 0 Å². The maximum Gasteiger partial charge on any atom is 0.0579 e. The molecule has 2 nitrogen and oxygen atoms in total. The lowest BCUT2D eigenvalue weighted by atomic mass is 9.96. The molecule has 2 atom stereocenters. The van der Waals surface area contributed by atoms with Crippen molar-refractivity contribution >= 4 is 11.6 Å². The molecular weight excluding hydrogens is 292 g/mol. The second kappa shape index (κ2) is 7.28. The fourth-order valence-corrected chi connectivity index (χ4v) is 3.35. The summed E-state index contributed by atoms with van der Waals surface area (Å²) in [6, 6.07) is 19.6. The van der Waals surface area contributed by atoms with Gasteiger partial charge in [0.05, 0.1) is 6.04 Å². The van der Waals surface area contributed by atoms with Crippen LogP contribution >= 0.6 is 11.6 Å². The van der Waals surface area contributed by atoms with Crippen LogP contribution in [0.4, 0.5) is 0 Å². The number of hydrogen-bond donors (Lipinski definition) is 1. The van der Waals surface area contributed by atoms with E-state index in [4.69, 9.17) is 11.6 Å². The molecule has 0 bridgehead atoms. The monoisotopic (exact) mass is 314 g/mol. The molecule has 1 aliphatic rings. The Morgan fingerprint density at radius 3 is 2.41 bits per heavy atom. The molecule has 22 heavy (non-hydrogen) atoms. The Bertz CT molecular complexity index is 582. The minimum absolute atomic E-state index is 0.218. The quantitative estimate of drug-likeness (QED) is 0.913. The van der Waals surface area contributed by atoms with Crippen LogP contribution in [0.5, 0.6) is 0 Å². The number of likely N-dealkylation sites (N-methyl/N-ethyl adjacent to an activating group) is 1. The summed E-state index contributed by atoms with van der Waals surface area (Å²) < 4.78 is 0. The Kier molecular flexibility index (Phi) is 5.14. The van der Waals surface area contributed by atoms with Gasteiger partial charge in [0.1, 0.15) is 0 Å². The van der Waals surface area contributed by atoms with Crippen LogP contribution in [0.2, 0.25) is 5.02 Å². The molecule has 0 amide bonds. The molecule has 2 aromatic rings. The predicted octanol–water partition coefficient (Wildman–Crippen LogP) is 4.11. The number of rotatable bonds is 4. The van der Waals surface area contributed by atoms with E-state index in [1.807, 2.05) is 12.1 Å². The van der Waals surface area contributed by atoms with Crippen molar-refractivity contribution in [3.05, 3.63) is 70.7 Å². The smallest absolute Gasteiger partial charge is 0.0579 e. The van der Waals surface area contributed by atoms with Crippen LogP contribution in [0.3, 0.4) is 0 Å². The topological polar surface area (TPSA) is 15.3 Å². The molecule has 1 N–H and O–H groups in total. The van der Waals surface area contributed by atoms with Gasteiger partial charge in [-0.05, 0) is 49.7 Å². The fraction of sp³-hybridized carbons (Fsp3) is 0.368. The molecule has 1 aliphatic heterocycles. The Morgan fingerprint density at radius 2 is 1.73 bits per heavy atom. The van der Waals surface area contributed by atoms with Crippen molar-refractivity contribution in [2.45, 2.75) is 24.9 Å². The first-order valence-corrected chi connectivity index (χ1v) is 8.35. The largest absolute Gasteiger partial charge is 0.305 e. The highest BCUT2D eigenvalue weighted by Gasteiger charge is 2.22. The van der Waals surface area contributed by atoms with Crippen molar-refractivity contribution in [2.24, 2.45) is 0 Å². The van der Waals surface area contributed by atoms with Crippen LogP contribution in [0.25, 0.3) is 0 Å². The van der Waals surface area contributed by atoms with Gasteiger partial charge in [-0.25, -0.2) is 0 Å². The van der Waals surface area contributed by atoms with Crippen molar-refractivity contribution in [3.8, 4) is 0 Å². The van der Waals surface area contributed by atoms with Crippen molar-refractivity contribution in [1.82, 2.24) is 10.2 Å². The predicted molar refractivity (Wildman–Crippen MR) is 93.4 cm³/mol. The maximum atomic E-state index is 6.05. The van der Waals surface area contributed by atoms with Crippen LogP contribution in [-0.4, -0.2) is 31.1 Å². The Morgan fingerprint density at radius 1 is 1.05 bits per heavy atom. The van der Waals surface area contributed by atoms with E-state index in [9.17, 15) is 0 Å². The van der Waals surface area contributed by atoms with Gasteiger partial charge in [0.2, 0.25) is 0 Å². The fourth-order valence-electron chi connectivity index (χ4n) is 3.22. The van der Waals surface area contributed by atoms with Crippen molar-refractivity contribution in [1.29, 1.82) is 0 Å². The van der Waals surface area contributed by atoms with Crippen LogP contribution in [0, 0.1) is 0 Å². The molecule has 0 aromatic heterocycles. The lowest BCUT2D eigenvalue weighted by Gasteiger charge is -2.33. The van der Waals surface area contributed by atoms with E-state index in [2.05, 4.69) is 59.7 Å². The van der Waals surface area contributed by atoms with Gasteiger partial charge < -0.3 is 10.2 Å². The van der Waals surface area contributed by atoms with Crippen molar-refractivity contribution in [2.75, 3.05) is 20.1 Å². The number of nitrogens with zero attached hydrogens (tertiary/aromatic N) is 1. The highest BCUT2D eigenvalue weighted by Crippen LogP contribution is 2.25. The zero-order valence-electron chi connectivity index (χ0n) is 13.0. The first-order valence-electron chi connectivity index (χ1n) is 7.97. The number of hydrogen-bond acceptors (Lipinski definition) is 2. The van der Waals surface area contributed by atoms with Gasteiger partial charge in [0, 0.05) is 17.6 Å². The van der Waals surface area contributed by atoms with E-state index in [1.165, 1.54) is 30.5 Å². The molecule has 2 aromatic carbocycles. The number of likely N-dealkylation sites (tertiary alicyclic amines) is 1. The minimum atomic E-state index is 0.218. The molecule has 3 rings (SSSR count). The third-order valence-electron chi connectivity index (χ3n) is 4.36. The van der Waals surface area contributed by atoms with E-state index in [0.717, 1.165) is 11.6 Å². The molecule has 1 fully saturated rings. The number of piperidine rings is 1. The highest BCUT2D eigenvalue weighted by molar-refractivity contribution is 6.30. The third-order valence-corrected chi connectivity index (χ3v) is 4.62. The molecule has 1 saturated heterocycles. The zero-order chi connectivity index (χ0) is 15.4. The molecule has 0 aliphatic carbocycles. The summed E-state index contributed by atoms with van der Waals surface area (Å²) in [5, 5.41) is 4.64. The molecular formula is C19H23ClN2. The second-order valence-corrected chi connectivity index (χ2v) is 6.60. The van der Waals surface area contributed by atoms with Crippen LogP contribution < -0.4 is 5.32 Å². The van der Waals surface area contributed by atoms with Gasteiger partial charge in [-0.1, -0.05) is 54.1 Å². The van der Waals surface area contributed by atoms with Gasteiger partial charge in [0.15, 0.2) is 0 Å². The number of nitrogens with one attached hydrogen (secondary N) is 1. The molecule has 1 heterocycles.